The van der Waals surface area contributed by atoms with E-state index in [9.17, 15) is 0 Å². The van der Waals surface area contributed by atoms with Crippen LogP contribution in [0.25, 0.3) is 11.1 Å². The normalized spacial score (nSPS) is 19.2. The predicted molar refractivity (Wildman–Crippen MR) is 90.4 cm³/mol. The molecule has 0 radical (unpaired) electrons. The third-order valence-corrected chi connectivity index (χ3v) is 4.58. The smallest absolute Gasteiger partial charge is 0.199 e. The minimum atomic E-state index is 0.403. The van der Waals surface area contributed by atoms with Crippen molar-refractivity contribution >= 4 is 11.1 Å². The van der Waals surface area contributed by atoms with Crippen LogP contribution >= 0.6 is 0 Å². The van der Waals surface area contributed by atoms with Gasteiger partial charge in [0.15, 0.2) is 11.5 Å². The van der Waals surface area contributed by atoms with Gasteiger partial charge >= 0.3 is 0 Å². The van der Waals surface area contributed by atoms with E-state index in [0.29, 0.717) is 5.92 Å². The van der Waals surface area contributed by atoms with Crippen LogP contribution in [0.2, 0.25) is 0 Å². The van der Waals surface area contributed by atoms with E-state index < -0.39 is 0 Å². The van der Waals surface area contributed by atoms with E-state index in [1.165, 1.54) is 6.42 Å². The van der Waals surface area contributed by atoms with Gasteiger partial charge in [0, 0.05) is 37.3 Å². The van der Waals surface area contributed by atoms with Crippen molar-refractivity contribution in [2.24, 2.45) is 0 Å². The first-order chi connectivity index (χ1) is 11.4. The van der Waals surface area contributed by atoms with E-state index in [1.54, 1.807) is 0 Å². The molecule has 23 heavy (non-hydrogen) atoms. The lowest BCUT2D eigenvalue weighted by Gasteiger charge is -2.31. The molecule has 0 bridgehead atoms. The summed E-state index contributed by atoms with van der Waals surface area (Å²) < 4.78 is 5.97. The minimum Gasteiger partial charge on any atom is -0.440 e. The van der Waals surface area contributed by atoms with Crippen molar-refractivity contribution in [1.82, 2.24) is 14.9 Å². The maximum absolute atomic E-state index is 5.97. The molecule has 1 aromatic carbocycles. The second kappa shape index (κ2) is 6.50. The number of likely N-dealkylation sites (tertiary alicyclic amines) is 1. The van der Waals surface area contributed by atoms with Crippen LogP contribution in [0.5, 0.6) is 0 Å². The van der Waals surface area contributed by atoms with E-state index in [0.717, 1.165) is 55.2 Å². The Labute approximate surface area is 136 Å². The van der Waals surface area contributed by atoms with Crippen LogP contribution in [0.1, 0.15) is 30.3 Å². The van der Waals surface area contributed by atoms with Crippen LogP contribution < -0.4 is 0 Å². The molecule has 1 aliphatic rings. The summed E-state index contributed by atoms with van der Waals surface area (Å²) in [5.41, 5.74) is 3.03. The van der Waals surface area contributed by atoms with Crippen LogP contribution in [-0.4, -0.2) is 34.5 Å². The van der Waals surface area contributed by atoms with Gasteiger partial charge in [-0.25, -0.2) is 4.98 Å². The summed E-state index contributed by atoms with van der Waals surface area (Å²) in [5, 5.41) is 0. The molecule has 1 aliphatic heterocycles. The standard InChI is InChI=1S/C19H21N3O/c1-2-9-18-17(8-1)21-19(23-18)15-6-5-12-22(14-15)13-10-16-7-3-4-11-20-16/h1-4,7-9,11,15H,5-6,10,12-14H2/t15-/m1/s1. The van der Waals surface area contributed by atoms with Crippen molar-refractivity contribution in [3.8, 4) is 0 Å². The molecule has 0 amide bonds. The van der Waals surface area contributed by atoms with Crippen molar-refractivity contribution in [3.63, 3.8) is 0 Å². The highest BCUT2D eigenvalue weighted by molar-refractivity contribution is 5.72. The molecular formula is C19H21N3O. The summed E-state index contributed by atoms with van der Waals surface area (Å²) in [5.74, 6) is 1.30. The molecule has 0 saturated carbocycles. The Morgan fingerprint density at radius 1 is 1.13 bits per heavy atom. The molecule has 0 unspecified atom stereocenters. The number of rotatable bonds is 4. The van der Waals surface area contributed by atoms with Gasteiger partial charge in [-0.3, -0.25) is 4.98 Å². The number of hydrogen-bond donors (Lipinski definition) is 0. The highest BCUT2D eigenvalue weighted by Gasteiger charge is 2.25. The minimum absolute atomic E-state index is 0.403. The number of benzene rings is 1. The summed E-state index contributed by atoms with van der Waals surface area (Å²) in [6.45, 7) is 3.23. The predicted octanol–water partition coefficient (Wildman–Crippen LogP) is 3.64. The molecule has 1 saturated heterocycles. The Morgan fingerprint density at radius 2 is 2.04 bits per heavy atom. The van der Waals surface area contributed by atoms with E-state index in [1.807, 2.05) is 36.5 Å². The number of fused-ring (bicyclic) bond motifs is 1. The van der Waals surface area contributed by atoms with E-state index >= 15 is 0 Å². The topological polar surface area (TPSA) is 42.2 Å². The molecule has 1 fully saturated rings. The lowest BCUT2D eigenvalue weighted by Crippen LogP contribution is -2.36. The number of nitrogens with zero attached hydrogens (tertiary/aromatic N) is 3. The summed E-state index contributed by atoms with van der Waals surface area (Å²) in [4.78, 5) is 11.6. The number of piperidine rings is 1. The zero-order chi connectivity index (χ0) is 15.5. The average Bonchev–Trinajstić information content (AvgIpc) is 3.05. The largest absolute Gasteiger partial charge is 0.440 e. The first kappa shape index (κ1) is 14.4. The molecule has 1 atom stereocenters. The van der Waals surface area contributed by atoms with Crippen LogP contribution in [-0.2, 0) is 6.42 Å². The molecule has 0 N–H and O–H groups in total. The number of para-hydroxylation sites is 2. The van der Waals surface area contributed by atoms with Crippen LogP contribution in [0.3, 0.4) is 0 Å². The number of oxazole rings is 1. The quantitative estimate of drug-likeness (QED) is 0.738. The highest BCUT2D eigenvalue weighted by atomic mass is 16.3. The number of aromatic nitrogens is 2. The van der Waals surface area contributed by atoms with Crippen molar-refractivity contribution in [2.45, 2.75) is 25.2 Å². The second-order valence-electron chi connectivity index (χ2n) is 6.23. The van der Waals surface area contributed by atoms with Gasteiger partial charge in [0.25, 0.3) is 0 Å². The van der Waals surface area contributed by atoms with Gasteiger partial charge in [-0.05, 0) is 43.7 Å². The van der Waals surface area contributed by atoms with Gasteiger partial charge in [0.2, 0.25) is 0 Å². The third-order valence-electron chi connectivity index (χ3n) is 4.58. The Hall–Kier alpha value is -2.20. The molecule has 4 nitrogen and oxygen atoms in total. The number of hydrogen-bond acceptors (Lipinski definition) is 4. The summed E-state index contributed by atoms with van der Waals surface area (Å²) in [7, 11) is 0. The van der Waals surface area contributed by atoms with Gasteiger partial charge < -0.3 is 9.32 Å². The maximum atomic E-state index is 5.97. The van der Waals surface area contributed by atoms with Crippen LogP contribution in [0.4, 0.5) is 0 Å². The van der Waals surface area contributed by atoms with Gasteiger partial charge in [-0.1, -0.05) is 18.2 Å². The summed E-state index contributed by atoms with van der Waals surface area (Å²) in [6.07, 6.45) is 5.23. The molecule has 0 spiro atoms. The lowest BCUT2D eigenvalue weighted by atomic mass is 9.98. The zero-order valence-corrected chi connectivity index (χ0v) is 13.2. The van der Waals surface area contributed by atoms with Crippen molar-refractivity contribution in [3.05, 3.63) is 60.2 Å². The first-order valence-corrected chi connectivity index (χ1v) is 8.36. The van der Waals surface area contributed by atoms with E-state index in [-0.39, 0.29) is 0 Å². The zero-order valence-electron chi connectivity index (χ0n) is 13.2. The van der Waals surface area contributed by atoms with Crippen LogP contribution in [0.15, 0.2) is 53.1 Å². The highest BCUT2D eigenvalue weighted by Crippen LogP contribution is 2.28. The SMILES string of the molecule is c1ccc(CCN2CCC[C@@H](c3nc4ccccc4o3)C2)nc1. The molecule has 3 heterocycles. The lowest BCUT2D eigenvalue weighted by molar-refractivity contribution is 0.196. The first-order valence-electron chi connectivity index (χ1n) is 8.36. The Morgan fingerprint density at radius 3 is 2.91 bits per heavy atom. The molecular weight excluding hydrogens is 286 g/mol. The summed E-state index contributed by atoms with van der Waals surface area (Å²) in [6, 6.07) is 14.1. The molecule has 118 valence electrons. The van der Waals surface area contributed by atoms with Gasteiger partial charge in [0.1, 0.15) is 5.52 Å². The monoisotopic (exact) mass is 307 g/mol. The molecule has 4 rings (SSSR count). The van der Waals surface area contributed by atoms with Gasteiger partial charge in [-0.2, -0.15) is 0 Å². The third kappa shape index (κ3) is 3.27. The Kier molecular flexibility index (Phi) is 4.07. The van der Waals surface area contributed by atoms with Crippen molar-refractivity contribution in [2.75, 3.05) is 19.6 Å². The molecule has 4 heteroatoms. The van der Waals surface area contributed by atoms with Crippen molar-refractivity contribution in [1.29, 1.82) is 0 Å². The Balaban J connectivity index is 1.42. The maximum Gasteiger partial charge on any atom is 0.199 e. The van der Waals surface area contributed by atoms with Crippen LogP contribution in [0, 0.1) is 0 Å². The molecule has 0 aliphatic carbocycles. The molecule has 2 aromatic heterocycles. The summed E-state index contributed by atoms with van der Waals surface area (Å²) >= 11 is 0. The van der Waals surface area contributed by atoms with Gasteiger partial charge in [-0.15, -0.1) is 0 Å². The van der Waals surface area contributed by atoms with E-state index in [2.05, 4.69) is 27.0 Å². The number of pyridine rings is 1. The Bertz CT molecular complexity index is 735. The fraction of sp³-hybridized carbons (Fsp3) is 0.368. The van der Waals surface area contributed by atoms with Gasteiger partial charge in [0.05, 0.1) is 0 Å². The molecule has 3 aromatic rings. The van der Waals surface area contributed by atoms with Crippen molar-refractivity contribution < 1.29 is 4.42 Å². The van der Waals surface area contributed by atoms with E-state index in [4.69, 9.17) is 4.42 Å². The second-order valence-corrected chi connectivity index (χ2v) is 6.23. The fourth-order valence-corrected chi connectivity index (χ4v) is 3.34. The fourth-order valence-electron chi connectivity index (χ4n) is 3.34. The average molecular weight is 307 g/mol.